The van der Waals surface area contributed by atoms with E-state index >= 15 is 0 Å². The third kappa shape index (κ3) is 6.04. The van der Waals surface area contributed by atoms with E-state index in [4.69, 9.17) is 0 Å². The van der Waals surface area contributed by atoms with Crippen LogP contribution in [0, 0.1) is 0 Å². The van der Waals surface area contributed by atoms with E-state index in [1.165, 1.54) is 91.0 Å². The molecule has 3 heteroatoms. The van der Waals surface area contributed by atoms with E-state index in [1.54, 1.807) is 0 Å². The van der Waals surface area contributed by atoms with E-state index < -0.39 is 8.80 Å². The van der Waals surface area contributed by atoms with Crippen molar-refractivity contribution < 1.29 is 0 Å². The zero-order valence-electron chi connectivity index (χ0n) is 33.3. The second-order valence-electron chi connectivity index (χ2n) is 15.8. The first-order chi connectivity index (χ1) is 30.3. The normalized spacial score (nSPS) is 12.2. The van der Waals surface area contributed by atoms with Crippen molar-refractivity contribution in [1.29, 1.82) is 0 Å². The molecule has 61 heavy (non-hydrogen) atoms. The minimum atomic E-state index is -1.15. The number of rotatable bonds is 7. The Balaban J connectivity index is 1.000. The summed E-state index contributed by atoms with van der Waals surface area (Å²) in [4.78, 5) is 2.37. The largest absolute Gasteiger partial charge is 0.311 e. The minimum Gasteiger partial charge on any atom is -0.311 e. The number of benzene rings is 10. The Hall–Kier alpha value is -7.30. The molecule has 0 unspecified atom stereocenters. The molecule has 12 rings (SSSR count). The molecule has 0 aliphatic carbocycles. The van der Waals surface area contributed by atoms with Crippen LogP contribution in [-0.4, -0.2) is 8.80 Å². The number of anilines is 3. The fourth-order valence-electron chi connectivity index (χ4n) is 9.54. The van der Waals surface area contributed by atoms with Crippen LogP contribution in [0.2, 0.25) is 0 Å². The fraction of sp³-hybridized carbons (Fsp3) is 0. The van der Waals surface area contributed by atoms with E-state index in [1.807, 2.05) is 11.3 Å². The molecule has 1 nitrogen and oxygen atoms in total. The molecule has 0 bridgehead atoms. The SMILES string of the molecule is c1ccc(-c2ccc(N(c3ccc(-c4ccccc4)cc3)c3ccc(-c4cccc5sc6ccc7ccc8c(c7c6c45)-c4ccccc4[Si]8c4ccccc4)cc3)cc2)cc1. The van der Waals surface area contributed by atoms with E-state index in [0.29, 0.717) is 0 Å². The molecule has 0 atom stereocenters. The van der Waals surface area contributed by atoms with Gasteiger partial charge in [0.25, 0.3) is 0 Å². The lowest BCUT2D eigenvalue weighted by atomic mass is 9.92. The zero-order valence-corrected chi connectivity index (χ0v) is 35.1. The van der Waals surface area contributed by atoms with Crippen molar-refractivity contribution in [3.63, 3.8) is 0 Å². The van der Waals surface area contributed by atoms with Gasteiger partial charge in [-0.25, -0.2) is 0 Å². The van der Waals surface area contributed by atoms with Crippen molar-refractivity contribution in [3.05, 3.63) is 231 Å². The van der Waals surface area contributed by atoms with Gasteiger partial charge in [-0.05, 0) is 114 Å². The molecule has 0 amide bonds. The number of hydrogen-bond acceptors (Lipinski definition) is 2. The molecule has 0 fully saturated rings. The first-order valence-corrected chi connectivity index (χ1v) is 23.2. The Bertz CT molecular complexity index is 3290. The summed E-state index contributed by atoms with van der Waals surface area (Å²) in [5.41, 5.74) is 13.5. The summed E-state index contributed by atoms with van der Waals surface area (Å²) in [6.45, 7) is 0. The van der Waals surface area contributed by atoms with Gasteiger partial charge in [-0.1, -0.05) is 187 Å². The standard InChI is InChI=1S/C58H38NSSi/c1-4-13-39(14-5-1)41-23-31-45(32-24-41)59(46-33-25-42(26-34-46)40-15-6-2-7-16-40)47-35-27-43(28-36-47)49-20-12-21-51-56(49)58-52(60-51)37-29-44-30-38-54-57(55(44)58)50-19-10-11-22-53(50)61(54)48-17-8-3-9-18-48/h1-38H. The Kier molecular flexibility index (Phi) is 8.62. The quantitative estimate of drug-likeness (QED) is 0.145. The van der Waals surface area contributed by atoms with Gasteiger partial charge in [-0.15, -0.1) is 11.3 Å². The van der Waals surface area contributed by atoms with Crippen LogP contribution in [-0.2, 0) is 0 Å². The molecule has 2 heterocycles. The first kappa shape index (κ1) is 35.6. The van der Waals surface area contributed by atoms with Gasteiger partial charge in [0, 0.05) is 37.2 Å². The van der Waals surface area contributed by atoms with Crippen molar-refractivity contribution in [3.8, 4) is 44.5 Å². The first-order valence-electron chi connectivity index (χ1n) is 20.9. The highest BCUT2D eigenvalue weighted by molar-refractivity contribution is 7.26. The summed E-state index contributed by atoms with van der Waals surface area (Å²) >= 11 is 1.91. The predicted molar refractivity (Wildman–Crippen MR) is 264 cm³/mol. The lowest BCUT2D eigenvalue weighted by molar-refractivity contribution is 1.28. The summed E-state index contributed by atoms with van der Waals surface area (Å²) in [5.74, 6) is 0. The van der Waals surface area contributed by atoms with Crippen LogP contribution in [0.3, 0.4) is 0 Å². The molecule has 10 aromatic carbocycles. The highest BCUT2D eigenvalue weighted by Gasteiger charge is 2.33. The van der Waals surface area contributed by atoms with Gasteiger partial charge >= 0.3 is 0 Å². The second-order valence-corrected chi connectivity index (χ2v) is 19.3. The van der Waals surface area contributed by atoms with Crippen molar-refractivity contribution in [2.24, 2.45) is 0 Å². The predicted octanol–water partition coefficient (Wildman–Crippen LogP) is 14.2. The number of nitrogens with zero attached hydrogens (tertiary/aromatic N) is 1. The average molecular weight is 809 g/mol. The van der Waals surface area contributed by atoms with Crippen molar-refractivity contribution in [1.82, 2.24) is 0 Å². The van der Waals surface area contributed by atoms with E-state index in [2.05, 4.69) is 235 Å². The molecule has 0 saturated heterocycles. The molecule has 11 aromatic rings. The average Bonchev–Trinajstić information content (AvgIpc) is 3.90. The summed E-state index contributed by atoms with van der Waals surface area (Å²) in [5, 5.41) is 9.83. The van der Waals surface area contributed by atoms with Crippen LogP contribution in [0.25, 0.3) is 75.5 Å². The van der Waals surface area contributed by atoms with Gasteiger partial charge in [0.1, 0.15) is 0 Å². The monoisotopic (exact) mass is 808 g/mol. The number of fused-ring (bicyclic) bond motifs is 9. The maximum atomic E-state index is 2.43. The zero-order chi connectivity index (χ0) is 40.3. The maximum Gasteiger partial charge on any atom is 0.156 e. The minimum absolute atomic E-state index is 1.11. The van der Waals surface area contributed by atoms with Gasteiger partial charge in [0.2, 0.25) is 0 Å². The summed E-state index contributed by atoms with van der Waals surface area (Å²) < 4.78 is 2.65. The Morgan fingerprint density at radius 1 is 0.311 bits per heavy atom. The van der Waals surface area contributed by atoms with Crippen molar-refractivity contribution in [2.75, 3.05) is 4.90 Å². The molecular weight excluding hydrogens is 771 g/mol. The maximum absolute atomic E-state index is 2.43. The van der Waals surface area contributed by atoms with Crippen molar-refractivity contribution in [2.45, 2.75) is 0 Å². The van der Waals surface area contributed by atoms with Crippen LogP contribution in [0.4, 0.5) is 17.1 Å². The van der Waals surface area contributed by atoms with Crippen LogP contribution < -0.4 is 20.5 Å². The highest BCUT2D eigenvalue weighted by atomic mass is 32.1. The summed E-state index contributed by atoms with van der Waals surface area (Å²) in [7, 11) is -1.15. The Morgan fingerprint density at radius 3 is 1.43 bits per heavy atom. The van der Waals surface area contributed by atoms with Gasteiger partial charge in [0.15, 0.2) is 8.80 Å². The molecule has 1 aliphatic heterocycles. The molecule has 0 saturated carbocycles. The van der Waals surface area contributed by atoms with Gasteiger partial charge < -0.3 is 4.90 Å². The molecule has 285 valence electrons. The van der Waals surface area contributed by atoms with Crippen LogP contribution in [0.5, 0.6) is 0 Å². The van der Waals surface area contributed by atoms with E-state index in [0.717, 1.165) is 17.1 Å². The van der Waals surface area contributed by atoms with Gasteiger partial charge in [-0.3, -0.25) is 0 Å². The second kappa shape index (κ2) is 14.8. The smallest absolute Gasteiger partial charge is 0.156 e. The fourth-order valence-corrected chi connectivity index (χ4v) is 13.6. The lowest BCUT2D eigenvalue weighted by Crippen LogP contribution is -2.48. The molecule has 0 spiro atoms. The number of thiophene rings is 1. The summed E-state index contributed by atoms with van der Waals surface area (Å²) in [6, 6.07) is 85.0. The van der Waals surface area contributed by atoms with Gasteiger partial charge in [0.05, 0.1) is 0 Å². The Labute approximate surface area is 361 Å². The van der Waals surface area contributed by atoms with Crippen LogP contribution >= 0.6 is 11.3 Å². The van der Waals surface area contributed by atoms with Crippen LogP contribution in [0.1, 0.15) is 0 Å². The number of hydrogen-bond donors (Lipinski definition) is 0. The third-order valence-corrected chi connectivity index (χ3v) is 16.3. The molecule has 0 N–H and O–H groups in total. The topological polar surface area (TPSA) is 3.24 Å². The third-order valence-electron chi connectivity index (χ3n) is 12.3. The molecule has 1 radical (unpaired) electrons. The molecule has 1 aromatic heterocycles. The lowest BCUT2D eigenvalue weighted by Gasteiger charge is -2.26. The van der Waals surface area contributed by atoms with E-state index in [9.17, 15) is 0 Å². The highest BCUT2D eigenvalue weighted by Crippen LogP contribution is 2.47. The van der Waals surface area contributed by atoms with Crippen molar-refractivity contribution >= 4 is 83.7 Å². The molecular formula is C58H38NSSi. The van der Waals surface area contributed by atoms with E-state index in [-0.39, 0.29) is 0 Å². The van der Waals surface area contributed by atoms with Gasteiger partial charge in [-0.2, -0.15) is 0 Å². The molecule has 1 aliphatic rings. The summed E-state index contributed by atoms with van der Waals surface area (Å²) in [6.07, 6.45) is 0. The Morgan fingerprint density at radius 2 is 0.803 bits per heavy atom. The van der Waals surface area contributed by atoms with Crippen LogP contribution in [0.15, 0.2) is 231 Å².